The molecule has 2 unspecified atom stereocenters. The molecule has 2 fully saturated rings. The molecule has 0 aromatic heterocycles. The van der Waals surface area contributed by atoms with Gasteiger partial charge in [-0.15, -0.1) is 0 Å². The number of amides is 1. The number of hydrogen-bond acceptors (Lipinski definition) is 4. The van der Waals surface area contributed by atoms with E-state index in [2.05, 4.69) is 10.2 Å². The maximum Gasteiger partial charge on any atom is 0.240 e. The molecule has 0 saturated carbocycles. The molecule has 2 aliphatic heterocycles. The first-order valence-corrected chi connectivity index (χ1v) is 6.94. The molecule has 0 radical (unpaired) electrons. The highest BCUT2D eigenvalue weighted by Gasteiger charge is 2.37. The maximum atomic E-state index is 12.5. The number of likely N-dealkylation sites (N-methyl/N-ethyl adjacent to an activating group) is 1. The van der Waals surface area contributed by atoms with E-state index in [4.69, 9.17) is 0 Å². The predicted octanol–water partition coefficient (Wildman–Crippen LogP) is -0.348. The SMILES string of the molecule is CN(C)CC1CC(O)CN1C(=O)[C@@H]1CCCCN1. The number of rotatable bonds is 3. The standard InChI is InChI=1S/C13H25N3O2/c1-15(2)8-10-7-11(17)9-16(10)13(18)12-5-3-4-6-14-12/h10-12,14,17H,3-9H2,1-2H3/t10?,11?,12-/m0/s1. The van der Waals surface area contributed by atoms with E-state index in [0.717, 1.165) is 32.4 Å². The molecule has 2 saturated heterocycles. The molecule has 18 heavy (non-hydrogen) atoms. The molecule has 2 rings (SSSR count). The minimum Gasteiger partial charge on any atom is -0.391 e. The van der Waals surface area contributed by atoms with Gasteiger partial charge in [0.15, 0.2) is 0 Å². The van der Waals surface area contributed by atoms with Crippen molar-refractivity contribution in [1.82, 2.24) is 15.1 Å². The Hall–Kier alpha value is -0.650. The Balaban J connectivity index is 1.97. The van der Waals surface area contributed by atoms with Crippen LogP contribution in [0.1, 0.15) is 25.7 Å². The Morgan fingerprint density at radius 1 is 1.44 bits per heavy atom. The molecule has 2 N–H and O–H groups in total. The van der Waals surface area contributed by atoms with Crippen LogP contribution in [0, 0.1) is 0 Å². The molecule has 3 atom stereocenters. The van der Waals surface area contributed by atoms with Crippen LogP contribution in [0.3, 0.4) is 0 Å². The van der Waals surface area contributed by atoms with E-state index < -0.39 is 0 Å². The Morgan fingerprint density at radius 3 is 2.83 bits per heavy atom. The minimum absolute atomic E-state index is 0.0336. The highest BCUT2D eigenvalue weighted by Crippen LogP contribution is 2.21. The van der Waals surface area contributed by atoms with Gasteiger partial charge in [0.05, 0.1) is 12.1 Å². The number of likely N-dealkylation sites (tertiary alicyclic amines) is 1. The smallest absolute Gasteiger partial charge is 0.240 e. The summed E-state index contributed by atoms with van der Waals surface area (Å²) in [6.07, 6.45) is 3.56. The third-order valence-corrected chi connectivity index (χ3v) is 3.86. The first-order valence-electron chi connectivity index (χ1n) is 6.94. The molecule has 2 heterocycles. The van der Waals surface area contributed by atoms with Crippen molar-refractivity contribution >= 4 is 5.91 Å². The van der Waals surface area contributed by atoms with E-state index in [1.165, 1.54) is 0 Å². The van der Waals surface area contributed by atoms with Gasteiger partial charge in [0.1, 0.15) is 0 Å². The minimum atomic E-state index is -0.359. The van der Waals surface area contributed by atoms with Crippen LogP contribution in [0.2, 0.25) is 0 Å². The van der Waals surface area contributed by atoms with Crippen molar-refractivity contribution in [3.63, 3.8) is 0 Å². The lowest BCUT2D eigenvalue weighted by Gasteiger charge is -2.32. The molecular formula is C13H25N3O2. The third-order valence-electron chi connectivity index (χ3n) is 3.86. The lowest BCUT2D eigenvalue weighted by atomic mass is 10.0. The second-order valence-corrected chi connectivity index (χ2v) is 5.80. The fraction of sp³-hybridized carbons (Fsp3) is 0.923. The molecule has 5 heteroatoms. The van der Waals surface area contributed by atoms with Crippen LogP contribution in [0.4, 0.5) is 0 Å². The first-order chi connectivity index (χ1) is 8.58. The molecule has 0 aromatic carbocycles. The van der Waals surface area contributed by atoms with Crippen LogP contribution in [0.15, 0.2) is 0 Å². The monoisotopic (exact) mass is 255 g/mol. The van der Waals surface area contributed by atoms with E-state index in [1.807, 2.05) is 19.0 Å². The van der Waals surface area contributed by atoms with Crippen molar-refractivity contribution in [2.75, 3.05) is 33.7 Å². The van der Waals surface area contributed by atoms with Gasteiger partial charge in [-0.2, -0.15) is 0 Å². The van der Waals surface area contributed by atoms with Crippen LogP contribution in [0.25, 0.3) is 0 Å². The summed E-state index contributed by atoms with van der Waals surface area (Å²) in [6, 6.07) is 0.125. The van der Waals surface area contributed by atoms with E-state index in [9.17, 15) is 9.90 Å². The van der Waals surface area contributed by atoms with Crippen molar-refractivity contribution in [3.8, 4) is 0 Å². The number of aliphatic hydroxyl groups is 1. The van der Waals surface area contributed by atoms with Crippen molar-refractivity contribution in [2.45, 2.75) is 43.9 Å². The Labute approximate surface area is 109 Å². The Bertz CT molecular complexity index is 290. The highest BCUT2D eigenvalue weighted by molar-refractivity contribution is 5.82. The molecule has 5 nitrogen and oxygen atoms in total. The summed E-state index contributed by atoms with van der Waals surface area (Å²) in [4.78, 5) is 16.4. The number of nitrogens with one attached hydrogen (secondary N) is 1. The number of carbonyl (C=O) groups excluding carboxylic acids is 1. The van der Waals surface area contributed by atoms with Gasteiger partial charge in [-0.1, -0.05) is 6.42 Å². The summed E-state index contributed by atoms with van der Waals surface area (Å²) in [5, 5.41) is 13.1. The zero-order valence-corrected chi connectivity index (χ0v) is 11.4. The maximum absolute atomic E-state index is 12.5. The Morgan fingerprint density at radius 2 is 2.22 bits per heavy atom. The van der Waals surface area contributed by atoms with Gasteiger partial charge in [0.25, 0.3) is 0 Å². The summed E-state index contributed by atoms with van der Waals surface area (Å²) >= 11 is 0. The zero-order chi connectivity index (χ0) is 13.1. The van der Waals surface area contributed by atoms with Crippen LogP contribution in [-0.2, 0) is 4.79 Å². The first kappa shape index (κ1) is 13.8. The molecule has 0 aliphatic carbocycles. The predicted molar refractivity (Wildman–Crippen MR) is 70.3 cm³/mol. The van der Waals surface area contributed by atoms with Gasteiger partial charge in [-0.05, 0) is 39.9 Å². The molecule has 0 spiro atoms. The average Bonchev–Trinajstić information content (AvgIpc) is 2.69. The normalized spacial score (nSPS) is 33.1. The number of carbonyl (C=O) groups is 1. The lowest BCUT2D eigenvalue weighted by Crippen LogP contribution is -2.51. The highest BCUT2D eigenvalue weighted by atomic mass is 16.3. The van der Waals surface area contributed by atoms with E-state index in [-0.39, 0.29) is 24.1 Å². The number of hydrogen-bond donors (Lipinski definition) is 2. The molecule has 1 amide bonds. The topological polar surface area (TPSA) is 55.8 Å². The third kappa shape index (κ3) is 3.22. The number of aliphatic hydroxyl groups excluding tert-OH is 1. The molecule has 104 valence electrons. The van der Waals surface area contributed by atoms with E-state index in [1.54, 1.807) is 0 Å². The van der Waals surface area contributed by atoms with Crippen molar-refractivity contribution < 1.29 is 9.90 Å². The van der Waals surface area contributed by atoms with Crippen molar-refractivity contribution in [3.05, 3.63) is 0 Å². The summed E-state index contributed by atoms with van der Waals surface area (Å²) in [6.45, 7) is 2.26. The van der Waals surface area contributed by atoms with Gasteiger partial charge in [-0.3, -0.25) is 4.79 Å². The largest absolute Gasteiger partial charge is 0.391 e. The molecular weight excluding hydrogens is 230 g/mol. The fourth-order valence-corrected chi connectivity index (χ4v) is 3.02. The van der Waals surface area contributed by atoms with Crippen LogP contribution < -0.4 is 5.32 Å². The van der Waals surface area contributed by atoms with Crippen molar-refractivity contribution in [1.29, 1.82) is 0 Å². The van der Waals surface area contributed by atoms with Crippen LogP contribution in [0.5, 0.6) is 0 Å². The van der Waals surface area contributed by atoms with Gasteiger partial charge < -0.3 is 20.2 Å². The lowest BCUT2D eigenvalue weighted by molar-refractivity contribution is -0.135. The number of piperidine rings is 1. The van der Waals surface area contributed by atoms with Gasteiger partial charge >= 0.3 is 0 Å². The van der Waals surface area contributed by atoms with Gasteiger partial charge in [0, 0.05) is 19.1 Å². The van der Waals surface area contributed by atoms with Crippen LogP contribution in [-0.4, -0.2) is 72.7 Å². The summed E-state index contributed by atoms with van der Waals surface area (Å²) in [7, 11) is 4.01. The number of nitrogens with zero attached hydrogens (tertiary/aromatic N) is 2. The van der Waals surface area contributed by atoms with Crippen LogP contribution >= 0.6 is 0 Å². The number of β-amino-alcohol motifs (C(OH)–C–C–N with tert-alkyl or cyclic N) is 1. The van der Waals surface area contributed by atoms with Gasteiger partial charge in [0.2, 0.25) is 5.91 Å². The quantitative estimate of drug-likeness (QED) is 0.724. The fourth-order valence-electron chi connectivity index (χ4n) is 3.02. The summed E-state index contributed by atoms with van der Waals surface area (Å²) in [5.41, 5.74) is 0. The van der Waals surface area contributed by atoms with E-state index in [0.29, 0.717) is 13.0 Å². The molecule has 0 bridgehead atoms. The van der Waals surface area contributed by atoms with Gasteiger partial charge in [-0.25, -0.2) is 0 Å². The summed E-state index contributed by atoms with van der Waals surface area (Å²) < 4.78 is 0. The zero-order valence-electron chi connectivity index (χ0n) is 11.4. The average molecular weight is 255 g/mol. The Kier molecular flexibility index (Phi) is 4.59. The second kappa shape index (κ2) is 5.99. The van der Waals surface area contributed by atoms with E-state index >= 15 is 0 Å². The van der Waals surface area contributed by atoms with Crippen molar-refractivity contribution in [2.24, 2.45) is 0 Å². The molecule has 0 aromatic rings. The summed E-state index contributed by atoms with van der Waals surface area (Å²) in [5.74, 6) is 0.179. The second-order valence-electron chi connectivity index (χ2n) is 5.80. The molecule has 2 aliphatic rings.